The van der Waals surface area contributed by atoms with E-state index in [1.807, 2.05) is 36.4 Å². The summed E-state index contributed by atoms with van der Waals surface area (Å²) in [6.07, 6.45) is 0. The van der Waals surface area contributed by atoms with Gasteiger partial charge in [-0.15, -0.1) is 0 Å². The van der Waals surface area contributed by atoms with E-state index in [0.717, 1.165) is 25.6 Å². The molecule has 0 aliphatic carbocycles. The van der Waals surface area contributed by atoms with Crippen molar-refractivity contribution in [1.82, 2.24) is 4.98 Å². The number of hydrogen-bond donors (Lipinski definition) is 1. The molecule has 0 bridgehead atoms. The van der Waals surface area contributed by atoms with Crippen LogP contribution in [-0.4, -0.2) is 4.98 Å². The summed E-state index contributed by atoms with van der Waals surface area (Å²) in [5, 5.41) is 0. The van der Waals surface area contributed by atoms with Crippen molar-refractivity contribution in [3.05, 3.63) is 45.3 Å². The molecule has 0 unspecified atom stereocenters. The molecule has 0 amide bonds. The van der Waals surface area contributed by atoms with Crippen LogP contribution in [0, 0.1) is 0 Å². The van der Waals surface area contributed by atoms with Gasteiger partial charge in [0.2, 0.25) is 5.89 Å². The Hall–Kier alpha value is -1.33. The Balaban J connectivity index is 2.19. The fraction of sp³-hybridized carbons (Fsp3) is 0. The smallest absolute Gasteiger partial charge is 0.229 e. The SMILES string of the molecule is Nc1cc(Br)ccc1-c1nc2cc(Br)ccc2o1. The number of nitrogens with zero attached hydrogens (tertiary/aromatic N) is 1. The largest absolute Gasteiger partial charge is 0.436 e. The second kappa shape index (κ2) is 4.40. The van der Waals surface area contributed by atoms with Crippen molar-refractivity contribution >= 4 is 48.6 Å². The number of rotatable bonds is 1. The van der Waals surface area contributed by atoms with E-state index in [1.54, 1.807) is 0 Å². The number of benzene rings is 2. The van der Waals surface area contributed by atoms with Crippen molar-refractivity contribution in [2.45, 2.75) is 0 Å². The summed E-state index contributed by atoms with van der Waals surface area (Å²) >= 11 is 6.79. The highest BCUT2D eigenvalue weighted by Gasteiger charge is 2.11. The van der Waals surface area contributed by atoms with E-state index >= 15 is 0 Å². The molecule has 0 saturated heterocycles. The van der Waals surface area contributed by atoms with Crippen molar-refractivity contribution in [3.63, 3.8) is 0 Å². The number of fused-ring (bicyclic) bond motifs is 1. The fourth-order valence-electron chi connectivity index (χ4n) is 1.74. The Morgan fingerprint density at radius 1 is 1.00 bits per heavy atom. The first kappa shape index (κ1) is 11.7. The number of hydrogen-bond acceptors (Lipinski definition) is 3. The third-order valence-electron chi connectivity index (χ3n) is 2.59. The Morgan fingerprint density at radius 2 is 1.72 bits per heavy atom. The second-order valence-corrected chi connectivity index (χ2v) is 5.69. The van der Waals surface area contributed by atoms with Crippen LogP contribution in [0.25, 0.3) is 22.6 Å². The van der Waals surface area contributed by atoms with Gasteiger partial charge in [0.15, 0.2) is 5.58 Å². The first-order chi connectivity index (χ1) is 8.63. The molecule has 5 heteroatoms. The van der Waals surface area contributed by atoms with Crippen LogP contribution in [0.4, 0.5) is 5.69 Å². The Morgan fingerprint density at radius 3 is 2.50 bits per heavy atom. The monoisotopic (exact) mass is 366 g/mol. The summed E-state index contributed by atoms with van der Waals surface area (Å²) in [5.41, 5.74) is 8.95. The number of nitrogen functional groups attached to an aromatic ring is 1. The van der Waals surface area contributed by atoms with E-state index in [9.17, 15) is 0 Å². The number of aromatic nitrogens is 1. The average Bonchev–Trinajstić information content (AvgIpc) is 2.71. The molecule has 1 aromatic heterocycles. The molecule has 0 fully saturated rings. The van der Waals surface area contributed by atoms with Gasteiger partial charge in [0.1, 0.15) is 5.52 Å². The zero-order valence-electron chi connectivity index (χ0n) is 9.15. The lowest BCUT2D eigenvalue weighted by Gasteiger charge is -2.00. The summed E-state index contributed by atoms with van der Waals surface area (Å²) in [6.45, 7) is 0. The molecule has 18 heavy (non-hydrogen) atoms. The highest BCUT2D eigenvalue weighted by atomic mass is 79.9. The Labute approximate surface area is 120 Å². The fourth-order valence-corrected chi connectivity index (χ4v) is 2.47. The van der Waals surface area contributed by atoms with Gasteiger partial charge < -0.3 is 10.2 Å². The zero-order chi connectivity index (χ0) is 12.7. The van der Waals surface area contributed by atoms with Crippen LogP contribution in [0.1, 0.15) is 0 Å². The van der Waals surface area contributed by atoms with E-state index in [0.29, 0.717) is 11.6 Å². The van der Waals surface area contributed by atoms with Crippen molar-refractivity contribution in [2.24, 2.45) is 0 Å². The number of halogens is 2. The van der Waals surface area contributed by atoms with Crippen LogP contribution < -0.4 is 5.73 Å². The van der Waals surface area contributed by atoms with E-state index in [1.165, 1.54) is 0 Å². The molecular weight excluding hydrogens is 360 g/mol. The minimum absolute atomic E-state index is 0.535. The van der Waals surface area contributed by atoms with Crippen LogP contribution in [0.15, 0.2) is 49.8 Å². The molecule has 1 heterocycles. The first-order valence-electron chi connectivity index (χ1n) is 5.25. The molecule has 90 valence electrons. The van der Waals surface area contributed by atoms with Gasteiger partial charge in [0, 0.05) is 14.6 Å². The maximum Gasteiger partial charge on any atom is 0.229 e. The minimum Gasteiger partial charge on any atom is -0.436 e. The molecule has 0 radical (unpaired) electrons. The lowest BCUT2D eigenvalue weighted by molar-refractivity contribution is 0.620. The third kappa shape index (κ3) is 2.04. The molecule has 3 nitrogen and oxygen atoms in total. The standard InChI is InChI=1S/C13H8Br2N2O/c14-7-1-3-9(10(16)5-7)13-17-11-6-8(15)2-4-12(11)18-13/h1-6H,16H2. The van der Waals surface area contributed by atoms with Crippen molar-refractivity contribution < 1.29 is 4.42 Å². The molecule has 0 saturated carbocycles. The molecule has 3 aromatic rings. The highest BCUT2D eigenvalue weighted by molar-refractivity contribution is 9.10. The highest BCUT2D eigenvalue weighted by Crippen LogP contribution is 2.31. The van der Waals surface area contributed by atoms with Gasteiger partial charge in [-0.3, -0.25) is 0 Å². The van der Waals surface area contributed by atoms with Crippen molar-refractivity contribution in [3.8, 4) is 11.5 Å². The van der Waals surface area contributed by atoms with Gasteiger partial charge in [-0.05, 0) is 36.4 Å². The van der Waals surface area contributed by atoms with Crippen molar-refractivity contribution in [1.29, 1.82) is 0 Å². The molecule has 2 N–H and O–H groups in total. The minimum atomic E-state index is 0.535. The average molecular weight is 368 g/mol. The lowest BCUT2D eigenvalue weighted by Crippen LogP contribution is -1.89. The van der Waals surface area contributed by atoms with E-state index in [4.69, 9.17) is 10.2 Å². The van der Waals surface area contributed by atoms with Gasteiger partial charge in [-0.1, -0.05) is 31.9 Å². The van der Waals surface area contributed by atoms with Crippen LogP contribution >= 0.6 is 31.9 Å². The Bertz CT molecular complexity index is 737. The molecule has 0 atom stereocenters. The molecule has 2 aromatic carbocycles. The van der Waals surface area contributed by atoms with Crippen molar-refractivity contribution in [2.75, 3.05) is 5.73 Å². The number of anilines is 1. The van der Waals surface area contributed by atoms with Gasteiger partial charge in [-0.2, -0.15) is 0 Å². The topological polar surface area (TPSA) is 52.0 Å². The van der Waals surface area contributed by atoms with Gasteiger partial charge in [0.25, 0.3) is 0 Å². The molecule has 0 aliphatic heterocycles. The van der Waals surface area contributed by atoms with E-state index in [-0.39, 0.29) is 0 Å². The molecule has 0 aliphatic rings. The second-order valence-electron chi connectivity index (χ2n) is 3.86. The lowest BCUT2D eigenvalue weighted by atomic mass is 10.2. The van der Waals surface area contributed by atoms with Crippen LogP contribution in [0.2, 0.25) is 0 Å². The summed E-state index contributed by atoms with van der Waals surface area (Å²) in [5.74, 6) is 0.535. The number of oxazole rings is 1. The van der Waals surface area contributed by atoms with E-state index in [2.05, 4.69) is 36.8 Å². The first-order valence-corrected chi connectivity index (χ1v) is 6.83. The normalized spacial score (nSPS) is 11.0. The maximum absolute atomic E-state index is 5.97. The predicted octanol–water partition coefficient (Wildman–Crippen LogP) is 4.60. The number of nitrogens with two attached hydrogens (primary N) is 1. The molecular formula is C13H8Br2N2O. The van der Waals surface area contributed by atoms with Gasteiger partial charge >= 0.3 is 0 Å². The van der Waals surface area contributed by atoms with Crippen LogP contribution in [0.3, 0.4) is 0 Å². The quantitative estimate of drug-likeness (QED) is 0.639. The summed E-state index contributed by atoms with van der Waals surface area (Å²) in [4.78, 5) is 4.44. The Kier molecular flexibility index (Phi) is 2.87. The van der Waals surface area contributed by atoms with Gasteiger partial charge in [0.05, 0.1) is 5.56 Å². The van der Waals surface area contributed by atoms with Crippen LogP contribution in [-0.2, 0) is 0 Å². The van der Waals surface area contributed by atoms with E-state index < -0.39 is 0 Å². The van der Waals surface area contributed by atoms with Gasteiger partial charge in [-0.25, -0.2) is 4.98 Å². The predicted molar refractivity (Wildman–Crippen MR) is 79.3 cm³/mol. The molecule has 0 spiro atoms. The molecule has 3 rings (SSSR count). The summed E-state index contributed by atoms with van der Waals surface area (Å²) < 4.78 is 7.61. The third-order valence-corrected chi connectivity index (χ3v) is 3.58. The van der Waals surface area contributed by atoms with Crippen LogP contribution in [0.5, 0.6) is 0 Å². The zero-order valence-corrected chi connectivity index (χ0v) is 12.3. The summed E-state index contributed by atoms with van der Waals surface area (Å²) in [6, 6.07) is 11.3. The summed E-state index contributed by atoms with van der Waals surface area (Å²) in [7, 11) is 0. The maximum atomic E-state index is 5.97.